The molecule has 0 aliphatic carbocycles. The van der Waals surface area contributed by atoms with Crippen LogP contribution in [0.3, 0.4) is 0 Å². The van der Waals surface area contributed by atoms with Gasteiger partial charge >= 0.3 is 6.03 Å². The Hall–Kier alpha value is -0.820. The maximum atomic E-state index is 11.7. The van der Waals surface area contributed by atoms with Crippen LogP contribution in [0.1, 0.15) is 20.3 Å². The third-order valence-corrected chi connectivity index (χ3v) is 4.81. The van der Waals surface area contributed by atoms with Gasteiger partial charge in [0.2, 0.25) is 0 Å². The zero-order valence-corrected chi connectivity index (χ0v) is 13.0. The van der Waals surface area contributed by atoms with Crippen molar-refractivity contribution in [1.29, 1.82) is 0 Å². The van der Waals surface area contributed by atoms with E-state index in [1.165, 1.54) is 0 Å². The quantitative estimate of drug-likeness (QED) is 0.751. The summed E-state index contributed by atoms with van der Waals surface area (Å²) in [5.74, 6) is 0.228. The van der Waals surface area contributed by atoms with Crippen molar-refractivity contribution in [3.05, 3.63) is 0 Å². The van der Waals surface area contributed by atoms with Crippen LogP contribution < -0.4 is 10.6 Å². The zero-order chi connectivity index (χ0) is 14.7. The van der Waals surface area contributed by atoms with Crippen molar-refractivity contribution in [2.24, 2.45) is 5.41 Å². The van der Waals surface area contributed by atoms with Gasteiger partial charge in [0.25, 0.3) is 0 Å². The predicted molar refractivity (Wildman–Crippen MR) is 75.9 cm³/mol. The average Bonchev–Trinajstić information content (AvgIpc) is 2.53. The molecule has 0 aromatic rings. The topological polar surface area (TPSA) is 78.5 Å². The van der Waals surface area contributed by atoms with Gasteiger partial charge in [0, 0.05) is 19.1 Å². The first kappa shape index (κ1) is 16.2. The molecule has 0 aromatic carbocycles. The molecular formula is C12H25N3O3S. The number of urea groups is 1. The summed E-state index contributed by atoms with van der Waals surface area (Å²) in [7, 11) is 1.03. The number of nitrogens with zero attached hydrogens (tertiary/aromatic N) is 1. The molecule has 0 unspecified atom stereocenters. The van der Waals surface area contributed by atoms with E-state index in [4.69, 9.17) is 0 Å². The summed E-state index contributed by atoms with van der Waals surface area (Å²) in [6, 6.07) is -0.532. The number of nitrogens with one attached hydrogen (secondary N) is 2. The van der Waals surface area contributed by atoms with Gasteiger partial charge in [-0.3, -0.25) is 0 Å². The van der Waals surface area contributed by atoms with Gasteiger partial charge in [0.05, 0.1) is 11.5 Å². The Morgan fingerprint density at radius 1 is 1.37 bits per heavy atom. The van der Waals surface area contributed by atoms with Crippen molar-refractivity contribution in [1.82, 2.24) is 15.5 Å². The van der Waals surface area contributed by atoms with Crippen molar-refractivity contribution in [3.8, 4) is 0 Å². The van der Waals surface area contributed by atoms with Crippen LogP contribution in [-0.4, -0.2) is 64.1 Å². The normalized spacial score (nSPS) is 22.5. The molecule has 1 saturated heterocycles. The highest BCUT2D eigenvalue weighted by Gasteiger charge is 2.29. The van der Waals surface area contributed by atoms with Crippen LogP contribution in [0.4, 0.5) is 4.79 Å². The van der Waals surface area contributed by atoms with Crippen molar-refractivity contribution in [2.75, 3.05) is 38.7 Å². The first-order valence-electron chi connectivity index (χ1n) is 6.49. The molecule has 1 rings (SSSR count). The molecule has 0 saturated carbocycles. The van der Waals surface area contributed by atoms with Gasteiger partial charge in [-0.1, -0.05) is 13.8 Å². The second kappa shape index (κ2) is 6.09. The Bertz CT molecular complexity index is 418. The van der Waals surface area contributed by atoms with Gasteiger partial charge in [-0.15, -0.1) is 0 Å². The molecule has 7 heteroatoms. The lowest BCUT2D eigenvalue weighted by Gasteiger charge is -2.28. The molecular weight excluding hydrogens is 266 g/mol. The Morgan fingerprint density at radius 3 is 2.47 bits per heavy atom. The predicted octanol–water partition coefficient (Wildman–Crippen LogP) is 0.0605. The molecule has 0 bridgehead atoms. The van der Waals surface area contributed by atoms with Crippen LogP contribution in [0.5, 0.6) is 0 Å². The third kappa shape index (κ3) is 6.24. The molecule has 1 aliphatic rings. The van der Waals surface area contributed by atoms with Crippen molar-refractivity contribution in [2.45, 2.75) is 26.3 Å². The molecule has 6 nitrogen and oxygen atoms in total. The van der Waals surface area contributed by atoms with Crippen molar-refractivity contribution in [3.63, 3.8) is 0 Å². The number of carbonyl (C=O) groups excluding carboxylic acids is 1. The molecule has 2 N–H and O–H groups in total. The van der Waals surface area contributed by atoms with Gasteiger partial charge in [0.1, 0.15) is 0 Å². The minimum absolute atomic E-state index is 0.0252. The van der Waals surface area contributed by atoms with Crippen molar-refractivity contribution < 1.29 is 13.2 Å². The van der Waals surface area contributed by atoms with E-state index in [9.17, 15) is 13.2 Å². The second-order valence-corrected chi connectivity index (χ2v) is 8.56. The van der Waals surface area contributed by atoms with Gasteiger partial charge in [-0.2, -0.15) is 0 Å². The molecule has 1 aliphatic heterocycles. The fourth-order valence-electron chi connectivity index (χ4n) is 2.38. The summed E-state index contributed by atoms with van der Waals surface area (Å²) in [5, 5.41) is 5.53. The van der Waals surface area contributed by atoms with Gasteiger partial charge < -0.3 is 15.5 Å². The lowest BCUT2D eigenvalue weighted by Crippen LogP contribution is -2.47. The number of hydrogen-bond acceptors (Lipinski definition) is 4. The van der Waals surface area contributed by atoms with E-state index in [-0.39, 0.29) is 29.0 Å². The van der Waals surface area contributed by atoms with Crippen LogP contribution >= 0.6 is 0 Å². The highest BCUT2D eigenvalue weighted by molar-refractivity contribution is 7.91. The summed E-state index contributed by atoms with van der Waals surface area (Å²) in [6.07, 6.45) is 0.511. The molecule has 0 radical (unpaired) electrons. The Kier molecular flexibility index (Phi) is 5.20. The lowest BCUT2D eigenvalue weighted by molar-refractivity contribution is 0.214. The first-order valence-corrected chi connectivity index (χ1v) is 8.31. The van der Waals surface area contributed by atoms with E-state index in [0.29, 0.717) is 13.0 Å². The highest BCUT2D eigenvalue weighted by Crippen LogP contribution is 2.14. The van der Waals surface area contributed by atoms with E-state index in [1.807, 2.05) is 14.1 Å². The first-order chi connectivity index (χ1) is 8.60. The average molecular weight is 291 g/mol. The summed E-state index contributed by atoms with van der Waals surface area (Å²) < 4.78 is 22.6. The molecule has 1 fully saturated rings. The van der Waals surface area contributed by atoms with Crippen LogP contribution in [0.15, 0.2) is 0 Å². The second-order valence-electron chi connectivity index (χ2n) is 6.33. The lowest BCUT2D eigenvalue weighted by atomic mass is 9.93. The molecule has 1 heterocycles. The summed E-state index contributed by atoms with van der Waals surface area (Å²) in [4.78, 5) is 13.8. The van der Waals surface area contributed by atoms with Crippen LogP contribution in [0.25, 0.3) is 0 Å². The number of hydrogen-bond donors (Lipinski definition) is 2. The maximum absolute atomic E-state index is 11.7. The number of sulfone groups is 1. The third-order valence-electron chi connectivity index (χ3n) is 3.04. The van der Waals surface area contributed by atoms with Crippen molar-refractivity contribution >= 4 is 15.9 Å². The minimum Gasteiger partial charge on any atom is -0.338 e. The molecule has 112 valence electrons. The van der Waals surface area contributed by atoms with Gasteiger partial charge in [-0.25, -0.2) is 13.2 Å². The molecule has 19 heavy (non-hydrogen) atoms. The fourth-order valence-corrected chi connectivity index (χ4v) is 4.05. The Labute approximate surface area is 115 Å². The molecule has 1 atom stereocenters. The molecule has 2 amide bonds. The summed E-state index contributed by atoms with van der Waals surface area (Å²) in [6.45, 7) is 5.57. The highest BCUT2D eigenvalue weighted by atomic mass is 32.2. The monoisotopic (exact) mass is 291 g/mol. The van der Waals surface area contributed by atoms with E-state index >= 15 is 0 Å². The SMILES string of the molecule is CN(C)CC(C)(C)CNC(=O)N[C@H]1CCS(=O)(=O)C1. The molecule has 0 aromatic heterocycles. The zero-order valence-electron chi connectivity index (χ0n) is 12.2. The number of carbonyl (C=O) groups is 1. The Balaban J connectivity index is 2.32. The fraction of sp³-hybridized carbons (Fsp3) is 0.917. The summed E-state index contributed by atoms with van der Waals surface area (Å²) in [5.41, 5.74) is -0.0252. The minimum atomic E-state index is -2.95. The van der Waals surface area contributed by atoms with E-state index in [0.717, 1.165) is 6.54 Å². The molecule has 0 spiro atoms. The smallest absolute Gasteiger partial charge is 0.315 e. The van der Waals surface area contributed by atoms with Crippen LogP contribution in [-0.2, 0) is 9.84 Å². The van der Waals surface area contributed by atoms with E-state index in [1.54, 1.807) is 0 Å². The standard InChI is InChI=1S/C12H25N3O3S/c1-12(2,9-15(3)4)8-13-11(16)14-10-5-6-19(17,18)7-10/h10H,5-9H2,1-4H3,(H2,13,14,16)/t10-/m0/s1. The number of rotatable bonds is 5. The van der Waals surface area contributed by atoms with Gasteiger partial charge in [0.15, 0.2) is 9.84 Å². The Morgan fingerprint density at radius 2 is 2.00 bits per heavy atom. The number of amides is 2. The maximum Gasteiger partial charge on any atom is 0.315 e. The van der Waals surface area contributed by atoms with E-state index in [2.05, 4.69) is 29.4 Å². The summed E-state index contributed by atoms with van der Waals surface area (Å²) >= 11 is 0. The largest absolute Gasteiger partial charge is 0.338 e. The van der Waals surface area contributed by atoms with Crippen LogP contribution in [0.2, 0.25) is 0 Å². The van der Waals surface area contributed by atoms with E-state index < -0.39 is 9.84 Å². The van der Waals surface area contributed by atoms with Gasteiger partial charge in [-0.05, 0) is 25.9 Å². The van der Waals surface area contributed by atoms with Crippen LogP contribution in [0, 0.1) is 5.41 Å².